The van der Waals surface area contributed by atoms with Gasteiger partial charge in [0.05, 0.1) is 0 Å². The Balaban J connectivity index is 1.90. The minimum Gasteiger partial charge on any atom is -0.424 e. The van der Waals surface area contributed by atoms with Crippen molar-refractivity contribution in [3.8, 4) is 5.75 Å². The number of nitrogens with one attached hydrogen (secondary N) is 1. The maximum absolute atomic E-state index is 11.9. The first-order valence-electron chi connectivity index (χ1n) is 5.67. The van der Waals surface area contributed by atoms with Crippen LogP contribution in [0.1, 0.15) is 18.0 Å². The molecule has 0 aromatic heterocycles. The van der Waals surface area contributed by atoms with Gasteiger partial charge in [0.25, 0.3) is 0 Å². The first kappa shape index (κ1) is 14.7. The van der Waals surface area contributed by atoms with E-state index in [0.29, 0.717) is 11.3 Å². The summed E-state index contributed by atoms with van der Waals surface area (Å²) in [6, 6.07) is 5.61. The Hall–Kier alpha value is -1.70. The minimum absolute atomic E-state index is 0.271. The molecule has 1 aliphatic rings. The molecule has 1 aromatic carbocycles. The van der Waals surface area contributed by atoms with Crippen LogP contribution in [-0.2, 0) is 9.59 Å². The molecule has 8 heteroatoms. The number of halogens is 3. The van der Waals surface area contributed by atoms with Crippen molar-refractivity contribution in [1.29, 1.82) is 0 Å². The van der Waals surface area contributed by atoms with Crippen LogP contribution in [0.2, 0.25) is 0 Å². The fourth-order valence-electron chi connectivity index (χ4n) is 1.74. The molecule has 2 rings (SSSR count). The largest absolute Gasteiger partial charge is 0.441 e. The first-order valence-corrected chi connectivity index (χ1v) is 6.66. The number of carbonyl (C=O) groups excluding carboxylic acids is 2. The highest BCUT2D eigenvalue weighted by Gasteiger charge is 2.34. The fraction of sp³-hybridized carbons (Fsp3) is 0.333. The average molecular weight is 305 g/mol. The van der Waals surface area contributed by atoms with Crippen molar-refractivity contribution in [3.63, 3.8) is 0 Å². The van der Waals surface area contributed by atoms with Crippen molar-refractivity contribution in [3.05, 3.63) is 29.8 Å². The Morgan fingerprint density at radius 2 is 2.05 bits per heavy atom. The predicted molar refractivity (Wildman–Crippen MR) is 66.1 cm³/mol. The standard InChI is InChI=1S/C12H10F3NO3S/c13-12(14,15)20-6-5-9(17)16-10-7-3-1-2-4-8(7)19-11(10)18/h1-4,10H,5-6H2,(H,16,17). The van der Waals surface area contributed by atoms with Gasteiger partial charge < -0.3 is 10.1 Å². The topological polar surface area (TPSA) is 55.4 Å². The van der Waals surface area contributed by atoms with E-state index in [0.717, 1.165) is 0 Å². The Bertz CT molecular complexity index is 533. The van der Waals surface area contributed by atoms with Crippen LogP contribution in [0, 0.1) is 0 Å². The summed E-state index contributed by atoms with van der Waals surface area (Å²) in [7, 11) is 0. The molecule has 1 unspecified atom stereocenters. The van der Waals surface area contributed by atoms with Crippen LogP contribution in [-0.4, -0.2) is 23.1 Å². The lowest BCUT2D eigenvalue weighted by Gasteiger charge is -2.10. The predicted octanol–water partition coefficient (Wildman–Crippen LogP) is 2.41. The van der Waals surface area contributed by atoms with Crippen molar-refractivity contribution >= 4 is 23.6 Å². The van der Waals surface area contributed by atoms with Gasteiger partial charge in [0, 0.05) is 17.7 Å². The number of amides is 1. The molecular formula is C12H10F3NO3S. The van der Waals surface area contributed by atoms with E-state index in [1.54, 1.807) is 24.3 Å². The van der Waals surface area contributed by atoms with E-state index < -0.39 is 29.2 Å². The van der Waals surface area contributed by atoms with Gasteiger partial charge in [0.2, 0.25) is 5.91 Å². The van der Waals surface area contributed by atoms with E-state index in [4.69, 9.17) is 4.74 Å². The molecule has 0 spiro atoms. The lowest BCUT2D eigenvalue weighted by Crippen LogP contribution is -2.32. The highest BCUT2D eigenvalue weighted by molar-refractivity contribution is 8.00. The Kier molecular flexibility index (Phi) is 4.22. The van der Waals surface area contributed by atoms with Gasteiger partial charge in [-0.05, 0) is 6.07 Å². The van der Waals surface area contributed by atoms with Crippen LogP contribution in [0.15, 0.2) is 24.3 Å². The Labute approximate surface area is 116 Å². The van der Waals surface area contributed by atoms with Gasteiger partial charge in [-0.2, -0.15) is 13.2 Å². The number of esters is 1. The van der Waals surface area contributed by atoms with Gasteiger partial charge in [-0.1, -0.05) is 30.0 Å². The van der Waals surface area contributed by atoms with Crippen LogP contribution >= 0.6 is 11.8 Å². The molecule has 1 aromatic rings. The number of hydrogen-bond donors (Lipinski definition) is 1. The molecular weight excluding hydrogens is 295 g/mol. The normalized spacial score (nSPS) is 17.6. The molecule has 20 heavy (non-hydrogen) atoms. The highest BCUT2D eigenvalue weighted by atomic mass is 32.2. The van der Waals surface area contributed by atoms with E-state index in [9.17, 15) is 22.8 Å². The van der Waals surface area contributed by atoms with Crippen molar-refractivity contribution in [2.24, 2.45) is 0 Å². The zero-order chi connectivity index (χ0) is 14.8. The van der Waals surface area contributed by atoms with Crippen molar-refractivity contribution in [1.82, 2.24) is 5.32 Å². The third kappa shape index (κ3) is 3.66. The van der Waals surface area contributed by atoms with Gasteiger partial charge in [-0.25, -0.2) is 4.79 Å². The molecule has 4 nitrogen and oxygen atoms in total. The van der Waals surface area contributed by atoms with Crippen LogP contribution in [0.25, 0.3) is 0 Å². The first-order chi connectivity index (χ1) is 9.37. The maximum atomic E-state index is 11.9. The molecule has 0 aliphatic carbocycles. The van der Waals surface area contributed by atoms with Crippen molar-refractivity contribution in [2.45, 2.75) is 18.0 Å². The lowest BCUT2D eigenvalue weighted by atomic mass is 10.1. The zero-order valence-corrected chi connectivity index (χ0v) is 10.9. The van der Waals surface area contributed by atoms with E-state index >= 15 is 0 Å². The van der Waals surface area contributed by atoms with Crippen LogP contribution in [0.3, 0.4) is 0 Å². The second-order valence-electron chi connectivity index (χ2n) is 4.00. The average Bonchev–Trinajstić information content (AvgIpc) is 2.64. The molecule has 0 bridgehead atoms. The van der Waals surface area contributed by atoms with Gasteiger partial charge in [-0.15, -0.1) is 0 Å². The van der Waals surface area contributed by atoms with Gasteiger partial charge in [0.15, 0.2) is 6.04 Å². The molecule has 1 heterocycles. The number of thioether (sulfide) groups is 1. The maximum Gasteiger partial charge on any atom is 0.441 e. The highest BCUT2D eigenvalue weighted by Crippen LogP contribution is 2.33. The van der Waals surface area contributed by atoms with E-state index in [1.807, 2.05) is 0 Å². The number of benzene rings is 1. The third-order valence-electron chi connectivity index (χ3n) is 2.58. The molecule has 1 atom stereocenters. The molecule has 0 saturated heterocycles. The lowest BCUT2D eigenvalue weighted by molar-refractivity contribution is -0.137. The van der Waals surface area contributed by atoms with E-state index in [-0.39, 0.29) is 18.2 Å². The van der Waals surface area contributed by atoms with Gasteiger partial charge in [-0.3, -0.25) is 4.79 Å². The Morgan fingerprint density at radius 3 is 2.75 bits per heavy atom. The molecule has 1 N–H and O–H groups in total. The number of ether oxygens (including phenoxy) is 1. The summed E-state index contributed by atoms with van der Waals surface area (Å²) in [4.78, 5) is 23.1. The SMILES string of the molecule is O=C(CCSC(F)(F)F)NC1C(=O)Oc2ccccc21. The van der Waals surface area contributed by atoms with E-state index in [1.165, 1.54) is 0 Å². The molecule has 0 fully saturated rings. The summed E-state index contributed by atoms with van der Waals surface area (Å²) in [6.45, 7) is 0. The number of fused-ring (bicyclic) bond motifs is 1. The molecule has 108 valence electrons. The number of rotatable bonds is 4. The van der Waals surface area contributed by atoms with Crippen LogP contribution in [0.4, 0.5) is 13.2 Å². The van der Waals surface area contributed by atoms with Crippen LogP contribution in [0.5, 0.6) is 5.75 Å². The molecule has 0 saturated carbocycles. The molecule has 1 amide bonds. The summed E-state index contributed by atoms with van der Waals surface area (Å²) in [5.41, 5.74) is -3.85. The third-order valence-corrected chi connectivity index (χ3v) is 3.31. The summed E-state index contributed by atoms with van der Waals surface area (Å²) in [5, 5.41) is 2.38. The van der Waals surface area contributed by atoms with Crippen LogP contribution < -0.4 is 10.1 Å². The smallest absolute Gasteiger partial charge is 0.424 e. The monoisotopic (exact) mass is 305 g/mol. The zero-order valence-electron chi connectivity index (χ0n) is 10.1. The second-order valence-corrected chi connectivity index (χ2v) is 5.16. The number of hydrogen-bond acceptors (Lipinski definition) is 4. The number of alkyl halides is 3. The number of carbonyl (C=O) groups is 2. The van der Waals surface area contributed by atoms with Gasteiger partial charge >= 0.3 is 11.5 Å². The second kappa shape index (κ2) is 5.74. The molecule has 0 radical (unpaired) electrons. The van der Waals surface area contributed by atoms with Crippen molar-refractivity contribution in [2.75, 3.05) is 5.75 Å². The summed E-state index contributed by atoms with van der Waals surface area (Å²) in [6.07, 6.45) is -0.323. The summed E-state index contributed by atoms with van der Waals surface area (Å²) in [5.74, 6) is -1.30. The minimum atomic E-state index is -4.36. The Morgan fingerprint density at radius 1 is 1.35 bits per heavy atom. The summed E-state index contributed by atoms with van der Waals surface area (Å²) >= 11 is -0.271. The molecule has 1 aliphatic heterocycles. The summed E-state index contributed by atoms with van der Waals surface area (Å²) < 4.78 is 40.7. The quantitative estimate of drug-likeness (QED) is 0.685. The fourth-order valence-corrected chi connectivity index (χ4v) is 2.25. The van der Waals surface area contributed by atoms with Crippen molar-refractivity contribution < 1.29 is 27.5 Å². The number of para-hydroxylation sites is 1. The van der Waals surface area contributed by atoms with E-state index in [2.05, 4.69) is 5.32 Å². The van der Waals surface area contributed by atoms with Gasteiger partial charge in [0.1, 0.15) is 5.75 Å².